The van der Waals surface area contributed by atoms with Crippen LogP contribution in [0.4, 0.5) is 0 Å². The fraction of sp³-hybridized carbons (Fsp3) is 0.500. The highest BCUT2D eigenvalue weighted by atomic mass is 35.5. The quantitative estimate of drug-likeness (QED) is 0.643. The zero-order valence-electron chi connectivity index (χ0n) is 12.4. The molecule has 0 bridgehead atoms. The highest BCUT2D eigenvalue weighted by molar-refractivity contribution is 7.90. The molecule has 0 aliphatic rings. The van der Waals surface area contributed by atoms with Gasteiger partial charge in [-0.05, 0) is 31.0 Å². The minimum Gasteiger partial charge on any atom is -0.324 e. The Balaban J connectivity index is 0.00000441. The average Bonchev–Trinajstić information content (AvgIpc) is 2.44. The van der Waals surface area contributed by atoms with Gasteiger partial charge in [-0.1, -0.05) is 19.9 Å². The second kappa shape index (κ2) is 7.71. The maximum absolute atomic E-state index is 12.2. The van der Waals surface area contributed by atoms with Crippen molar-refractivity contribution in [3.05, 3.63) is 24.3 Å². The maximum Gasteiger partial charge on any atom is 0.240 e. The van der Waals surface area contributed by atoms with E-state index in [4.69, 9.17) is 10.9 Å². The number of sulfonamides is 2. The molecule has 0 radical (unpaired) electrons. The monoisotopic (exact) mass is 371 g/mol. The van der Waals surface area contributed by atoms with Crippen molar-refractivity contribution >= 4 is 32.5 Å². The molecular weight excluding hydrogens is 350 g/mol. The molecule has 0 atom stereocenters. The second-order valence-electron chi connectivity index (χ2n) is 4.91. The zero-order valence-corrected chi connectivity index (χ0v) is 14.9. The number of hydrogen-bond acceptors (Lipinski definition) is 5. The first-order chi connectivity index (χ1) is 9.54. The number of benzene rings is 1. The smallest absolute Gasteiger partial charge is 0.240 e. The number of nitrogens with two attached hydrogens (primary N) is 2. The first-order valence-electron chi connectivity index (χ1n) is 6.45. The molecule has 10 heteroatoms. The maximum atomic E-state index is 12.2. The van der Waals surface area contributed by atoms with Crippen molar-refractivity contribution in [2.45, 2.75) is 42.0 Å². The van der Waals surface area contributed by atoms with E-state index in [0.717, 1.165) is 6.07 Å². The van der Waals surface area contributed by atoms with Gasteiger partial charge in [0.2, 0.25) is 20.0 Å². The van der Waals surface area contributed by atoms with Gasteiger partial charge in [0, 0.05) is 12.1 Å². The van der Waals surface area contributed by atoms with Crippen LogP contribution in [-0.2, 0) is 20.0 Å². The van der Waals surface area contributed by atoms with Crippen LogP contribution in [0.25, 0.3) is 0 Å². The zero-order chi connectivity index (χ0) is 16.3. The number of halogens is 1. The lowest BCUT2D eigenvalue weighted by molar-refractivity contribution is 0.391. The summed E-state index contributed by atoms with van der Waals surface area (Å²) >= 11 is 0. The van der Waals surface area contributed by atoms with Crippen LogP contribution in [0.15, 0.2) is 34.1 Å². The number of nitrogens with one attached hydrogen (secondary N) is 1. The molecule has 0 heterocycles. The van der Waals surface area contributed by atoms with Gasteiger partial charge < -0.3 is 5.73 Å². The first-order valence-corrected chi connectivity index (χ1v) is 9.48. The van der Waals surface area contributed by atoms with Gasteiger partial charge in [0.15, 0.2) is 0 Å². The van der Waals surface area contributed by atoms with Crippen LogP contribution in [-0.4, -0.2) is 28.9 Å². The van der Waals surface area contributed by atoms with Crippen LogP contribution in [0.1, 0.15) is 26.7 Å². The molecule has 0 aromatic heterocycles. The summed E-state index contributed by atoms with van der Waals surface area (Å²) in [5.41, 5.74) is 5.40. The Morgan fingerprint density at radius 1 is 1.09 bits per heavy atom. The normalized spacial score (nSPS) is 12.7. The predicted molar refractivity (Wildman–Crippen MR) is 87.8 cm³/mol. The lowest BCUT2D eigenvalue weighted by Gasteiger charge is -2.26. The van der Waals surface area contributed by atoms with E-state index in [2.05, 4.69) is 4.72 Å². The lowest BCUT2D eigenvalue weighted by Crippen LogP contribution is -2.49. The molecule has 0 saturated carbocycles. The molecule has 0 spiro atoms. The van der Waals surface area contributed by atoms with E-state index in [1.807, 2.05) is 13.8 Å². The summed E-state index contributed by atoms with van der Waals surface area (Å²) < 4.78 is 49.3. The fourth-order valence-corrected chi connectivity index (χ4v) is 3.46. The van der Waals surface area contributed by atoms with Gasteiger partial charge in [-0.25, -0.2) is 26.7 Å². The molecule has 0 saturated heterocycles. The minimum atomic E-state index is -3.96. The van der Waals surface area contributed by atoms with Crippen LogP contribution in [0.3, 0.4) is 0 Å². The molecule has 0 fully saturated rings. The van der Waals surface area contributed by atoms with Crippen molar-refractivity contribution < 1.29 is 16.8 Å². The molecule has 1 aromatic carbocycles. The summed E-state index contributed by atoms with van der Waals surface area (Å²) in [6.45, 7) is 3.82. The third-order valence-electron chi connectivity index (χ3n) is 3.47. The molecule has 5 N–H and O–H groups in total. The van der Waals surface area contributed by atoms with E-state index in [0.29, 0.717) is 12.8 Å². The molecule has 1 rings (SSSR count). The molecule has 0 aliphatic carbocycles. The fourth-order valence-electron chi connectivity index (χ4n) is 1.64. The van der Waals surface area contributed by atoms with E-state index >= 15 is 0 Å². The van der Waals surface area contributed by atoms with Crippen molar-refractivity contribution in [1.82, 2.24) is 4.72 Å². The van der Waals surface area contributed by atoms with Crippen LogP contribution in [0.5, 0.6) is 0 Å². The Hall–Kier alpha value is -0.710. The molecule has 0 unspecified atom stereocenters. The molecule has 22 heavy (non-hydrogen) atoms. The summed E-state index contributed by atoms with van der Waals surface area (Å²) in [5.74, 6) is 0. The summed E-state index contributed by atoms with van der Waals surface area (Å²) in [5, 5.41) is 4.99. The Morgan fingerprint density at radius 2 is 1.59 bits per heavy atom. The van der Waals surface area contributed by atoms with Gasteiger partial charge >= 0.3 is 0 Å². The van der Waals surface area contributed by atoms with Crippen molar-refractivity contribution in [1.29, 1.82) is 0 Å². The topological polar surface area (TPSA) is 132 Å². The molecule has 128 valence electrons. The first kappa shape index (κ1) is 21.3. The number of primary sulfonamides is 1. The Kier molecular flexibility index (Phi) is 7.46. The van der Waals surface area contributed by atoms with Gasteiger partial charge in [-0.3, -0.25) is 0 Å². The Bertz CT molecular complexity index is 701. The minimum absolute atomic E-state index is 0. The van der Waals surface area contributed by atoms with Crippen molar-refractivity contribution in [3.8, 4) is 0 Å². The summed E-state index contributed by atoms with van der Waals surface area (Å²) in [4.78, 5) is -0.418. The highest BCUT2D eigenvalue weighted by Gasteiger charge is 2.24. The van der Waals surface area contributed by atoms with Crippen LogP contribution < -0.4 is 15.6 Å². The van der Waals surface area contributed by atoms with Gasteiger partial charge in [0.25, 0.3) is 0 Å². The molecule has 7 nitrogen and oxygen atoms in total. The van der Waals surface area contributed by atoms with E-state index in [9.17, 15) is 16.8 Å². The average molecular weight is 372 g/mol. The summed E-state index contributed by atoms with van der Waals surface area (Å²) in [6, 6.07) is 4.88. The van der Waals surface area contributed by atoms with Crippen LogP contribution >= 0.6 is 12.4 Å². The lowest BCUT2D eigenvalue weighted by atomic mass is 9.95. The molecule has 0 aliphatic heterocycles. The molecule has 0 amide bonds. The third-order valence-corrected chi connectivity index (χ3v) is 5.78. The number of rotatable bonds is 7. The van der Waals surface area contributed by atoms with Gasteiger partial charge in [-0.15, -0.1) is 12.4 Å². The summed E-state index contributed by atoms with van der Waals surface area (Å²) in [7, 11) is -7.80. The van der Waals surface area contributed by atoms with E-state index < -0.39 is 25.6 Å². The van der Waals surface area contributed by atoms with Crippen molar-refractivity contribution in [3.63, 3.8) is 0 Å². The van der Waals surface area contributed by atoms with E-state index in [1.54, 1.807) is 0 Å². The van der Waals surface area contributed by atoms with Crippen molar-refractivity contribution in [2.24, 2.45) is 10.9 Å². The van der Waals surface area contributed by atoms with Crippen LogP contribution in [0.2, 0.25) is 0 Å². The van der Waals surface area contributed by atoms with Crippen molar-refractivity contribution in [2.75, 3.05) is 6.54 Å². The summed E-state index contributed by atoms with van der Waals surface area (Å²) in [6.07, 6.45) is 1.23. The largest absolute Gasteiger partial charge is 0.324 e. The van der Waals surface area contributed by atoms with Gasteiger partial charge in [-0.2, -0.15) is 0 Å². The van der Waals surface area contributed by atoms with Crippen LogP contribution in [0, 0.1) is 0 Å². The Labute approximate surface area is 138 Å². The van der Waals surface area contributed by atoms with Gasteiger partial charge in [0.05, 0.1) is 9.79 Å². The molecular formula is C12H22ClN3O4S2. The highest BCUT2D eigenvalue weighted by Crippen LogP contribution is 2.16. The predicted octanol–water partition coefficient (Wildman–Crippen LogP) is 0.552. The van der Waals surface area contributed by atoms with E-state index in [-0.39, 0.29) is 28.7 Å². The Morgan fingerprint density at radius 3 is 2.05 bits per heavy atom. The second-order valence-corrected chi connectivity index (χ2v) is 8.24. The SMILES string of the molecule is CCC(N)(CC)CNS(=O)(=O)c1cccc(S(N)(=O)=O)c1.Cl. The molecule has 1 aromatic rings. The third kappa shape index (κ3) is 5.49. The van der Waals surface area contributed by atoms with E-state index in [1.165, 1.54) is 18.2 Å². The number of hydrogen-bond donors (Lipinski definition) is 3. The standard InChI is InChI=1S/C12H21N3O4S2.ClH/c1-3-12(13,4-2)9-15-21(18,19)11-7-5-6-10(8-11)20(14,16)17;/h5-8,15H,3-4,9,13H2,1-2H3,(H2,14,16,17);1H. The van der Waals surface area contributed by atoms with Gasteiger partial charge in [0.1, 0.15) is 0 Å².